The van der Waals surface area contributed by atoms with Gasteiger partial charge in [-0.3, -0.25) is 14.9 Å². The number of carbonyl (C=O) groups excluding carboxylic acids is 1. The third-order valence-electron chi connectivity index (χ3n) is 2.85. The van der Waals surface area contributed by atoms with E-state index >= 15 is 0 Å². The standard InChI is InChI=1S/C14H11ClN2O3/c1-16(10-6-3-2-4-7-10)14(18)11-8-5-9-12(15)13(11)17(19)20/h2-9H,1H3. The second kappa shape index (κ2) is 5.71. The molecule has 0 unspecified atom stereocenters. The first-order valence-corrected chi connectivity index (χ1v) is 6.16. The molecular weight excluding hydrogens is 280 g/mol. The van der Waals surface area contributed by atoms with Crippen molar-refractivity contribution in [1.29, 1.82) is 0 Å². The van der Waals surface area contributed by atoms with Gasteiger partial charge >= 0.3 is 5.69 Å². The lowest BCUT2D eigenvalue weighted by Crippen LogP contribution is -2.26. The van der Waals surface area contributed by atoms with Crippen LogP contribution in [-0.4, -0.2) is 17.9 Å². The summed E-state index contributed by atoms with van der Waals surface area (Å²) in [6, 6.07) is 13.2. The fourth-order valence-corrected chi connectivity index (χ4v) is 2.07. The van der Waals surface area contributed by atoms with E-state index in [1.54, 1.807) is 31.3 Å². The van der Waals surface area contributed by atoms with Crippen LogP contribution in [0.5, 0.6) is 0 Å². The van der Waals surface area contributed by atoms with Crippen molar-refractivity contribution in [2.75, 3.05) is 11.9 Å². The second-order valence-corrected chi connectivity index (χ2v) is 4.50. The maximum absolute atomic E-state index is 12.4. The van der Waals surface area contributed by atoms with E-state index in [0.29, 0.717) is 5.69 Å². The molecule has 1 amide bonds. The lowest BCUT2D eigenvalue weighted by Gasteiger charge is -2.17. The summed E-state index contributed by atoms with van der Waals surface area (Å²) in [5.41, 5.74) is 0.238. The Morgan fingerprint density at radius 1 is 1.15 bits per heavy atom. The largest absolute Gasteiger partial charge is 0.311 e. The van der Waals surface area contributed by atoms with Crippen LogP contribution in [0, 0.1) is 10.1 Å². The number of halogens is 1. The van der Waals surface area contributed by atoms with Gasteiger partial charge in [-0.2, -0.15) is 0 Å². The fourth-order valence-electron chi connectivity index (χ4n) is 1.82. The number of anilines is 1. The van der Waals surface area contributed by atoms with Crippen LogP contribution in [0.3, 0.4) is 0 Å². The number of para-hydroxylation sites is 2. The minimum atomic E-state index is -0.644. The molecular formula is C14H11ClN2O3. The second-order valence-electron chi connectivity index (χ2n) is 4.09. The highest BCUT2D eigenvalue weighted by atomic mass is 35.5. The Balaban J connectivity index is 2.44. The number of rotatable bonds is 3. The normalized spacial score (nSPS) is 10.1. The van der Waals surface area contributed by atoms with Crippen molar-refractivity contribution < 1.29 is 9.72 Å². The molecule has 2 aromatic carbocycles. The topological polar surface area (TPSA) is 63.5 Å². The van der Waals surface area contributed by atoms with Crippen LogP contribution >= 0.6 is 11.6 Å². The molecule has 0 spiro atoms. The lowest BCUT2D eigenvalue weighted by molar-refractivity contribution is -0.385. The number of carbonyl (C=O) groups is 1. The molecule has 102 valence electrons. The summed E-state index contributed by atoms with van der Waals surface area (Å²) in [7, 11) is 1.56. The first kappa shape index (κ1) is 14.0. The van der Waals surface area contributed by atoms with Crippen LogP contribution in [0.2, 0.25) is 5.02 Å². The molecule has 0 aromatic heterocycles. The van der Waals surface area contributed by atoms with Gasteiger partial charge in [-0.05, 0) is 24.3 Å². The van der Waals surface area contributed by atoms with Crippen LogP contribution in [0.1, 0.15) is 10.4 Å². The summed E-state index contributed by atoms with van der Waals surface area (Å²) in [5.74, 6) is -0.481. The molecule has 2 rings (SSSR count). The Bertz CT molecular complexity index is 659. The van der Waals surface area contributed by atoms with E-state index in [9.17, 15) is 14.9 Å². The smallest absolute Gasteiger partial charge is 0.300 e. The van der Waals surface area contributed by atoms with E-state index in [4.69, 9.17) is 11.6 Å². The van der Waals surface area contributed by atoms with Gasteiger partial charge in [0.1, 0.15) is 10.6 Å². The minimum Gasteiger partial charge on any atom is -0.311 e. The number of hydrogen-bond donors (Lipinski definition) is 0. The average Bonchev–Trinajstić information content (AvgIpc) is 2.46. The predicted molar refractivity (Wildman–Crippen MR) is 77.3 cm³/mol. The Morgan fingerprint density at radius 2 is 1.80 bits per heavy atom. The average molecular weight is 291 g/mol. The van der Waals surface area contributed by atoms with Crippen molar-refractivity contribution in [3.8, 4) is 0 Å². The van der Waals surface area contributed by atoms with Gasteiger partial charge in [0.2, 0.25) is 0 Å². The molecule has 6 heteroatoms. The number of nitrogens with zero attached hydrogens (tertiary/aromatic N) is 2. The zero-order valence-electron chi connectivity index (χ0n) is 10.6. The molecule has 20 heavy (non-hydrogen) atoms. The Labute approximate surface area is 120 Å². The fraction of sp³-hybridized carbons (Fsp3) is 0.0714. The third kappa shape index (κ3) is 2.62. The van der Waals surface area contributed by atoms with E-state index in [0.717, 1.165) is 0 Å². The van der Waals surface area contributed by atoms with Gasteiger partial charge in [0.05, 0.1) is 4.92 Å². The van der Waals surface area contributed by atoms with Crippen molar-refractivity contribution in [1.82, 2.24) is 0 Å². The van der Waals surface area contributed by atoms with Crippen LogP contribution in [0.15, 0.2) is 48.5 Å². The molecule has 2 aromatic rings. The molecule has 0 aliphatic carbocycles. The summed E-state index contributed by atoms with van der Waals surface area (Å²) in [4.78, 5) is 24.1. The van der Waals surface area contributed by atoms with E-state index in [-0.39, 0.29) is 16.3 Å². The zero-order chi connectivity index (χ0) is 14.7. The van der Waals surface area contributed by atoms with E-state index in [2.05, 4.69) is 0 Å². The predicted octanol–water partition coefficient (Wildman–Crippen LogP) is 3.52. The van der Waals surface area contributed by atoms with Crippen LogP contribution in [0.25, 0.3) is 0 Å². The Kier molecular flexibility index (Phi) is 4.00. The lowest BCUT2D eigenvalue weighted by atomic mass is 10.1. The molecule has 0 saturated heterocycles. The summed E-state index contributed by atoms with van der Waals surface area (Å²) in [5, 5.41) is 11.0. The maximum Gasteiger partial charge on any atom is 0.300 e. The number of amides is 1. The summed E-state index contributed by atoms with van der Waals surface area (Å²) in [6.45, 7) is 0. The Hall–Kier alpha value is -2.40. The zero-order valence-corrected chi connectivity index (χ0v) is 11.4. The van der Waals surface area contributed by atoms with Crippen molar-refractivity contribution in [2.45, 2.75) is 0 Å². The number of nitro benzene ring substituents is 1. The monoisotopic (exact) mass is 290 g/mol. The van der Waals surface area contributed by atoms with Crippen LogP contribution < -0.4 is 4.90 Å². The van der Waals surface area contributed by atoms with Gasteiger partial charge in [0.15, 0.2) is 0 Å². The SMILES string of the molecule is CN(C(=O)c1cccc(Cl)c1[N+](=O)[O-])c1ccccc1. The van der Waals surface area contributed by atoms with Gasteiger partial charge in [0, 0.05) is 12.7 Å². The van der Waals surface area contributed by atoms with E-state index in [1.807, 2.05) is 6.07 Å². The minimum absolute atomic E-state index is 0.0335. The van der Waals surface area contributed by atoms with Crippen molar-refractivity contribution in [2.24, 2.45) is 0 Å². The molecule has 5 nitrogen and oxygen atoms in total. The first-order chi connectivity index (χ1) is 9.52. The van der Waals surface area contributed by atoms with Crippen LogP contribution in [0.4, 0.5) is 11.4 Å². The molecule has 0 bridgehead atoms. The Morgan fingerprint density at radius 3 is 2.40 bits per heavy atom. The number of benzene rings is 2. The van der Waals surface area contributed by atoms with Gasteiger partial charge < -0.3 is 4.90 Å². The quantitative estimate of drug-likeness (QED) is 0.642. The highest BCUT2D eigenvalue weighted by Crippen LogP contribution is 2.29. The maximum atomic E-state index is 12.4. The summed E-state index contributed by atoms with van der Waals surface area (Å²) < 4.78 is 0. The molecule has 0 fully saturated rings. The summed E-state index contributed by atoms with van der Waals surface area (Å²) >= 11 is 5.81. The van der Waals surface area contributed by atoms with Crippen molar-refractivity contribution in [3.05, 3.63) is 69.2 Å². The van der Waals surface area contributed by atoms with Gasteiger partial charge in [0.25, 0.3) is 5.91 Å². The van der Waals surface area contributed by atoms with Gasteiger partial charge in [-0.25, -0.2) is 0 Å². The van der Waals surface area contributed by atoms with Gasteiger partial charge in [-0.1, -0.05) is 35.9 Å². The van der Waals surface area contributed by atoms with E-state index < -0.39 is 10.8 Å². The third-order valence-corrected chi connectivity index (χ3v) is 3.15. The van der Waals surface area contributed by atoms with Crippen LogP contribution in [-0.2, 0) is 0 Å². The molecule has 0 radical (unpaired) electrons. The summed E-state index contributed by atoms with van der Waals surface area (Å²) in [6.07, 6.45) is 0. The molecule has 0 atom stereocenters. The molecule has 0 aliphatic heterocycles. The van der Waals surface area contributed by atoms with Crippen molar-refractivity contribution >= 4 is 28.9 Å². The van der Waals surface area contributed by atoms with E-state index in [1.165, 1.54) is 23.1 Å². The molecule has 0 heterocycles. The molecule has 0 aliphatic rings. The molecule has 0 N–H and O–H groups in total. The molecule has 0 saturated carbocycles. The highest BCUT2D eigenvalue weighted by Gasteiger charge is 2.26. The number of nitro groups is 1. The van der Waals surface area contributed by atoms with Crippen molar-refractivity contribution in [3.63, 3.8) is 0 Å². The van der Waals surface area contributed by atoms with Gasteiger partial charge in [-0.15, -0.1) is 0 Å². The number of hydrogen-bond acceptors (Lipinski definition) is 3. The first-order valence-electron chi connectivity index (χ1n) is 5.78. The highest BCUT2D eigenvalue weighted by molar-refractivity contribution is 6.33.